The zero-order chi connectivity index (χ0) is 15.8. The largest absolute Gasteiger partial charge is 0.481 e. The highest BCUT2D eigenvalue weighted by Crippen LogP contribution is 2.31. The van der Waals surface area contributed by atoms with E-state index in [0.717, 1.165) is 35.3 Å². The van der Waals surface area contributed by atoms with Gasteiger partial charge in [-0.3, -0.25) is 14.4 Å². The second kappa shape index (κ2) is 8.85. The highest BCUT2D eigenvalue weighted by molar-refractivity contribution is 8.01. The van der Waals surface area contributed by atoms with E-state index < -0.39 is 17.9 Å². The number of thioether (sulfide) groups is 3. The average Bonchev–Trinajstić information content (AvgIpc) is 2.40. The third-order valence-corrected chi connectivity index (χ3v) is 4.82. The van der Waals surface area contributed by atoms with E-state index in [9.17, 15) is 14.4 Å². The number of benzene rings is 1. The molecule has 0 aliphatic heterocycles. The van der Waals surface area contributed by atoms with Crippen molar-refractivity contribution in [3.63, 3.8) is 0 Å². The summed E-state index contributed by atoms with van der Waals surface area (Å²) in [6.45, 7) is 0. The zero-order valence-electron chi connectivity index (χ0n) is 10.6. The number of carbonyl (C=O) groups is 3. The van der Waals surface area contributed by atoms with Gasteiger partial charge in [0.1, 0.15) is 0 Å². The van der Waals surface area contributed by atoms with Crippen LogP contribution in [0.25, 0.3) is 0 Å². The summed E-state index contributed by atoms with van der Waals surface area (Å²) in [7, 11) is 0. The van der Waals surface area contributed by atoms with Gasteiger partial charge in [0.2, 0.25) is 0 Å². The van der Waals surface area contributed by atoms with E-state index in [-0.39, 0.29) is 17.3 Å². The predicted octanol–water partition coefficient (Wildman–Crippen LogP) is 2.22. The van der Waals surface area contributed by atoms with E-state index >= 15 is 0 Å². The smallest absolute Gasteiger partial charge is 0.313 e. The second-order valence-electron chi connectivity index (χ2n) is 3.69. The first-order valence-corrected chi connectivity index (χ1v) is 8.51. The van der Waals surface area contributed by atoms with Gasteiger partial charge >= 0.3 is 17.9 Å². The summed E-state index contributed by atoms with van der Waals surface area (Å²) in [5.41, 5.74) is 0. The molecule has 3 N–H and O–H groups in total. The van der Waals surface area contributed by atoms with E-state index in [4.69, 9.17) is 15.3 Å². The standard InChI is InChI=1S/C12H12O6S3/c13-10(14)4-19-7-1-8(20-5-11(15)16)3-9(2-7)21-6-12(17)18/h1-3H,4-6H2,(H,13,14)(H,15,16)(H,17,18). The Morgan fingerprint density at radius 3 is 1.10 bits per heavy atom. The quantitative estimate of drug-likeness (QED) is 0.578. The monoisotopic (exact) mass is 348 g/mol. The maximum atomic E-state index is 10.6. The number of carboxylic acids is 3. The first kappa shape index (κ1) is 17.7. The summed E-state index contributed by atoms with van der Waals surface area (Å²) in [4.78, 5) is 33.8. The molecule has 0 aliphatic carbocycles. The van der Waals surface area contributed by atoms with Gasteiger partial charge in [-0.2, -0.15) is 0 Å². The van der Waals surface area contributed by atoms with Crippen LogP contribution < -0.4 is 0 Å². The van der Waals surface area contributed by atoms with E-state index in [0.29, 0.717) is 14.7 Å². The molecule has 1 aromatic carbocycles. The Kier molecular flexibility index (Phi) is 7.48. The Labute approximate surface area is 133 Å². The van der Waals surface area contributed by atoms with Gasteiger partial charge in [0.15, 0.2) is 0 Å². The van der Waals surface area contributed by atoms with Gasteiger partial charge in [-0.25, -0.2) is 0 Å². The maximum Gasteiger partial charge on any atom is 0.313 e. The van der Waals surface area contributed by atoms with Crippen LogP contribution in [-0.2, 0) is 14.4 Å². The molecule has 0 radical (unpaired) electrons. The van der Waals surface area contributed by atoms with E-state index in [1.165, 1.54) is 0 Å². The van der Waals surface area contributed by atoms with Gasteiger partial charge in [0, 0.05) is 14.7 Å². The first-order chi connectivity index (χ1) is 9.86. The normalized spacial score (nSPS) is 10.3. The first-order valence-electron chi connectivity index (χ1n) is 5.55. The molecule has 0 bridgehead atoms. The van der Waals surface area contributed by atoms with E-state index in [2.05, 4.69) is 0 Å². The van der Waals surface area contributed by atoms with Gasteiger partial charge in [0.25, 0.3) is 0 Å². The molecule has 0 fully saturated rings. The van der Waals surface area contributed by atoms with Crippen molar-refractivity contribution in [1.82, 2.24) is 0 Å². The molecule has 0 amide bonds. The second-order valence-corrected chi connectivity index (χ2v) is 6.83. The molecule has 0 aromatic heterocycles. The summed E-state index contributed by atoms with van der Waals surface area (Å²) in [6, 6.07) is 5.10. The highest BCUT2D eigenvalue weighted by Gasteiger charge is 2.08. The fourth-order valence-electron chi connectivity index (χ4n) is 1.23. The summed E-state index contributed by atoms with van der Waals surface area (Å²) in [5, 5.41) is 26.0. The van der Waals surface area contributed by atoms with Crippen LogP contribution in [0, 0.1) is 0 Å². The van der Waals surface area contributed by atoms with Gasteiger partial charge < -0.3 is 15.3 Å². The molecule has 0 atom stereocenters. The molecule has 9 heteroatoms. The van der Waals surface area contributed by atoms with Crippen molar-refractivity contribution in [2.24, 2.45) is 0 Å². The van der Waals surface area contributed by atoms with Crippen LogP contribution in [0.2, 0.25) is 0 Å². The van der Waals surface area contributed by atoms with Gasteiger partial charge in [-0.05, 0) is 18.2 Å². The Hall–Kier alpha value is -1.32. The molecular weight excluding hydrogens is 336 g/mol. The van der Waals surface area contributed by atoms with Gasteiger partial charge in [-0.15, -0.1) is 35.3 Å². The molecular formula is C12H12O6S3. The lowest BCUT2D eigenvalue weighted by atomic mass is 10.4. The van der Waals surface area contributed by atoms with Crippen LogP contribution in [0.1, 0.15) is 0 Å². The molecule has 114 valence electrons. The third kappa shape index (κ3) is 7.88. The number of rotatable bonds is 9. The molecule has 1 aromatic rings. The zero-order valence-corrected chi connectivity index (χ0v) is 13.1. The molecule has 6 nitrogen and oxygen atoms in total. The summed E-state index contributed by atoms with van der Waals surface area (Å²) in [5.74, 6) is -3.21. The maximum absolute atomic E-state index is 10.6. The van der Waals surface area contributed by atoms with Crippen molar-refractivity contribution in [2.45, 2.75) is 14.7 Å². The van der Waals surface area contributed by atoms with Crippen molar-refractivity contribution >= 4 is 53.2 Å². The van der Waals surface area contributed by atoms with Crippen LogP contribution >= 0.6 is 35.3 Å². The molecule has 0 saturated carbocycles. The predicted molar refractivity (Wildman–Crippen MR) is 81.5 cm³/mol. The lowest BCUT2D eigenvalue weighted by molar-refractivity contribution is -0.134. The van der Waals surface area contributed by atoms with Crippen molar-refractivity contribution in [2.75, 3.05) is 17.3 Å². The van der Waals surface area contributed by atoms with Crippen molar-refractivity contribution in [3.8, 4) is 0 Å². The summed E-state index contributed by atoms with van der Waals surface area (Å²) >= 11 is 3.31. The fourth-order valence-corrected chi connectivity index (χ4v) is 3.59. The molecule has 0 spiro atoms. The fraction of sp³-hybridized carbons (Fsp3) is 0.250. The van der Waals surface area contributed by atoms with Gasteiger partial charge in [-0.1, -0.05) is 0 Å². The molecule has 0 unspecified atom stereocenters. The van der Waals surface area contributed by atoms with Crippen LogP contribution in [0.3, 0.4) is 0 Å². The third-order valence-electron chi connectivity index (χ3n) is 1.94. The van der Waals surface area contributed by atoms with Crippen LogP contribution in [0.4, 0.5) is 0 Å². The minimum Gasteiger partial charge on any atom is -0.481 e. The molecule has 0 aliphatic rings. The van der Waals surface area contributed by atoms with Crippen LogP contribution in [0.5, 0.6) is 0 Å². The summed E-state index contributed by atoms with van der Waals surface area (Å²) in [6.07, 6.45) is 0. The lowest BCUT2D eigenvalue weighted by Gasteiger charge is -2.07. The summed E-state index contributed by atoms with van der Waals surface area (Å²) < 4.78 is 0. The SMILES string of the molecule is O=C(O)CSc1cc(SCC(=O)O)cc(SCC(=O)O)c1. The van der Waals surface area contributed by atoms with Crippen molar-refractivity contribution < 1.29 is 29.7 Å². The number of aliphatic carboxylic acids is 3. The van der Waals surface area contributed by atoms with E-state index in [1.807, 2.05) is 0 Å². The van der Waals surface area contributed by atoms with Gasteiger partial charge in [0.05, 0.1) is 17.3 Å². The topological polar surface area (TPSA) is 112 Å². The Balaban J connectivity index is 2.86. The average molecular weight is 348 g/mol. The minimum atomic E-state index is -0.955. The van der Waals surface area contributed by atoms with Crippen molar-refractivity contribution in [1.29, 1.82) is 0 Å². The Morgan fingerprint density at radius 1 is 0.667 bits per heavy atom. The van der Waals surface area contributed by atoms with Crippen LogP contribution in [-0.4, -0.2) is 50.5 Å². The minimum absolute atomic E-state index is 0.115. The number of carboxylic acid groups (broad SMARTS) is 3. The lowest BCUT2D eigenvalue weighted by Crippen LogP contribution is -1.99. The molecule has 0 saturated heterocycles. The number of hydrogen-bond acceptors (Lipinski definition) is 6. The molecule has 0 heterocycles. The Bertz CT molecular complexity index is 457. The van der Waals surface area contributed by atoms with Crippen LogP contribution in [0.15, 0.2) is 32.9 Å². The Morgan fingerprint density at radius 2 is 0.905 bits per heavy atom. The molecule has 1 rings (SSSR count). The molecule has 21 heavy (non-hydrogen) atoms. The number of hydrogen-bond donors (Lipinski definition) is 3. The highest BCUT2D eigenvalue weighted by atomic mass is 32.2. The van der Waals surface area contributed by atoms with E-state index in [1.54, 1.807) is 18.2 Å². The van der Waals surface area contributed by atoms with Crippen molar-refractivity contribution in [3.05, 3.63) is 18.2 Å².